The van der Waals surface area contributed by atoms with E-state index in [1.165, 1.54) is 37.9 Å². The minimum absolute atomic E-state index is 0.142. The molecule has 3 aromatic rings. The summed E-state index contributed by atoms with van der Waals surface area (Å²) in [6, 6.07) is 16.5. The number of fused-ring (bicyclic) bond motifs is 1. The van der Waals surface area contributed by atoms with Gasteiger partial charge in [0.05, 0.1) is 11.0 Å². The number of aryl methyl sites for hydroxylation is 1. The Morgan fingerprint density at radius 1 is 0.919 bits per heavy atom. The second kappa shape index (κ2) is 14.2. The van der Waals surface area contributed by atoms with Crippen molar-refractivity contribution < 1.29 is 4.79 Å². The fourth-order valence-corrected chi connectivity index (χ4v) is 5.22. The van der Waals surface area contributed by atoms with Crippen LogP contribution in [0.25, 0.3) is 11.0 Å². The number of piperidine rings is 1. The smallest absolute Gasteiger partial charge is 0.253 e. The molecule has 0 atom stereocenters. The lowest BCUT2D eigenvalue weighted by atomic mass is 10.1. The predicted molar refractivity (Wildman–Crippen MR) is 154 cm³/mol. The Bertz CT molecular complexity index is 1100. The zero-order valence-electron chi connectivity index (χ0n) is 22.9. The molecule has 0 bridgehead atoms. The van der Waals surface area contributed by atoms with Crippen molar-refractivity contribution in [2.24, 2.45) is 0 Å². The first-order valence-corrected chi connectivity index (χ1v) is 14.5. The quantitative estimate of drug-likeness (QED) is 0.270. The number of anilines is 1. The topological polar surface area (TPSA) is 53.4 Å². The number of nitrogens with zero attached hydrogens (tertiary/aromatic N) is 4. The molecule has 4 rings (SSSR count). The van der Waals surface area contributed by atoms with Gasteiger partial charge in [-0.3, -0.25) is 4.79 Å². The summed E-state index contributed by atoms with van der Waals surface area (Å²) in [6.07, 6.45) is 9.33. The van der Waals surface area contributed by atoms with Crippen molar-refractivity contribution in [2.45, 2.75) is 78.3 Å². The molecule has 6 nitrogen and oxygen atoms in total. The Kier molecular flexibility index (Phi) is 10.4. The number of hydrogen-bond acceptors (Lipinski definition) is 4. The van der Waals surface area contributed by atoms with Crippen molar-refractivity contribution in [1.82, 2.24) is 19.4 Å². The maximum atomic E-state index is 13.5. The molecule has 1 fully saturated rings. The number of benzene rings is 2. The summed E-state index contributed by atoms with van der Waals surface area (Å²) in [4.78, 5) is 23.1. The van der Waals surface area contributed by atoms with Gasteiger partial charge in [0.15, 0.2) is 0 Å². The average molecular weight is 504 g/mol. The van der Waals surface area contributed by atoms with Gasteiger partial charge in [0, 0.05) is 31.7 Å². The van der Waals surface area contributed by atoms with Crippen molar-refractivity contribution in [3.05, 3.63) is 59.7 Å². The van der Waals surface area contributed by atoms with E-state index in [4.69, 9.17) is 4.98 Å². The molecule has 0 saturated carbocycles. The number of imidazole rings is 1. The van der Waals surface area contributed by atoms with E-state index >= 15 is 0 Å². The van der Waals surface area contributed by atoms with E-state index < -0.39 is 0 Å². The van der Waals surface area contributed by atoms with Gasteiger partial charge >= 0.3 is 0 Å². The zero-order valence-corrected chi connectivity index (χ0v) is 22.9. The molecule has 0 radical (unpaired) electrons. The highest BCUT2D eigenvalue weighted by molar-refractivity contribution is 5.97. The largest absolute Gasteiger partial charge is 0.352 e. The standard InChI is InChI=1S/C31H45N5O/c1-3-5-21-35(22-6-4-2)30(37)27-16-17-28-29(24-27)36(23-13-20-34-18-11-8-12-19-34)31(33-28)32-25-26-14-9-7-10-15-26/h7,9-10,14-17,24H,3-6,8,11-13,18-23,25H2,1-2H3,(H,32,33). The summed E-state index contributed by atoms with van der Waals surface area (Å²) in [5.41, 5.74) is 3.99. The minimum atomic E-state index is 0.142. The Labute approximate surface area is 223 Å². The van der Waals surface area contributed by atoms with Crippen molar-refractivity contribution >= 4 is 22.9 Å². The molecule has 0 spiro atoms. The number of rotatable bonds is 14. The van der Waals surface area contributed by atoms with Crippen LogP contribution in [-0.4, -0.2) is 58.0 Å². The highest BCUT2D eigenvalue weighted by atomic mass is 16.2. The molecule has 200 valence electrons. The molecule has 2 aromatic carbocycles. The van der Waals surface area contributed by atoms with Crippen LogP contribution < -0.4 is 5.32 Å². The maximum absolute atomic E-state index is 13.5. The van der Waals surface area contributed by atoms with E-state index in [9.17, 15) is 4.79 Å². The lowest BCUT2D eigenvalue weighted by Crippen LogP contribution is -2.33. The van der Waals surface area contributed by atoms with E-state index in [0.29, 0.717) is 0 Å². The number of hydrogen-bond donors (Lipinski definition) is 1. The molecule has 6 heteroatoms. The Morgan fingerprint density at radius 2 is 1.65 bits per heavy atom. The fraction of sp³-hybridized carbons (Fsp3) is 0.548. The first-order chi connectivity index (χ1) is 18.2. The monoisotopic (exact) mass is 503 g/mol. The summed E-state index contributed by atoms with van der Waals surface area (Å²) >= 11 is 0. The zero-order chi connectivity index (χ0) is 25.9. The van der Waals surface area contributed by atoms with E-state index in [0.717, 1.165) is 87.4 Å². The second-order valence-corrected chi connectivity index (χ2v) is 10.4. The van der Waals surface area contributed by atoms with Gasteiger partial charge < -0.3 is 19.7 Å². The van der Waals surface area contributed by atoms with Gasteiger partial charge in [0.1, 0.15) is 0 Å². The molecule has 0 aliphatic carbocycles. The molecule has 1 saturated heterocycles. The van der Waals surface area contributed by atoms with Crippen LogP contribution in [0.1, 0.15) is 81.1 Å². The Morgan fingerprint density at radius 3 is 2.35 bits per heavy atom. The molecule has 1 amide bonds. The first kappa shape index (κ1) is 27.2. The van der Waals surface area contributed by atoms with Gasteiger partial charge in [-0.25, -0.2) is 4.98 Å². The highest BCUT2D eigenvalue weighted by Gasteiger charge is 2.18. The molecule has 1 aromatic heterocycles. The summed E-state index contributed by atoms with van der Waals surface area (Å²) in [7, 11) is 0. The molecule has 37 heavy (non-hydrogen) atoms. The normalized spacial score (nSPS) is 14.2. The van der Waals surface area contributed by atoms with Crippen LogP contribution >= 0.6 is 0 Å². The summed E-state index contributed by atoms with van der Waals surface area (Å²) in [5.74, 6) is 1.03. The van der Waals surface area contributed by atoms with Crippen molar-refractivity contribution in [3.8, 4) is 0 Å². The third-order valence-electron chi connectivity index (χ3n) is 7.44. The van der Waals surface area contributed by atoms with Gasteiger partial charge in [-0.15, -0.1) is 0 Å². The van der Waals surface area contributed by atoms with Gasteiger partial charge in [-0.05, 0) is 75.5 Å². The molecular formula is C31H45N5O. The summed E-state index contributed by atoms with van der Waals surface area (Å²) in [6.45, 7) is 11.2. The molecule has 2 heterocycles. The van der Waals surface area contributed by atoms with Crippen LogP contribution in [0.2, 0.25) is 0 Å². The molecule has 1 aliphatic heterocycles. The SMILES string of the molecule is CCCCN(CCCC)C(=O)c1ccc2nc(NCc3ccccc3)n(CCCN3CCCCC3)c2c1. The van der Waals surface area contributed by atoms with Crippen LogP contribution in [0, 0.1) is 0 Å². The lowest BCUT2D eigenvalue weighted by molar-refractivity contribution is 0.0751. The predicted octanol–water partition coefficient (Wildman–Crippen LogP) is 6.57. The number of carbonyl (C=O) groups is 1. The van der Waals surface area contributed by atoms with Crippen LogP contribution in [0.3, 0.4) is 0 Å². The van der Waals surface area contributed by atoms with Gasteiger partial charge in [-0.1, -0.05) is 63.4 Å². The van der Waals surface area contributed by atoms with Crippen LogP contribution in [0.5, 0.6) is 0 Å². The maximum Gasteiger partial charge on any atom is 0.253 e. The number of aromatic nitrogens is 2. The van der Waals surface area contributed by atoms with E-state index in [-0.39, 0.29) is 5.91 Å². The Hall–Kier alpha value is -2.86. The van der Waals surface area contributed by atoms with E-state index in [1.54, 1.807) is 0 Å². The summed E-state index contributed by atoms with van der Waals surface area (Å²) < 4.78 is 2.29. The third-order valence-corrected chi connectivity index (χ3v) is 7.44. The number of nitrogens with one attached hydrogen (secondary N) is 1. The van der Waals surface area contributed by atoms with Crippen molar-refractivity contribution in [2.75, 3.05) is 38.0 Å². The third kappa shape index (κ3) is 7.57. The molecular weight excluding hydrogens is 458 g/mol. The van der Waals surface area contributed by atoms with Gasteiger partial charge in [0.2, 0.25) is 5.95 Å². The highest BCUT2D eigenvalue weighted by Crippen LogP contribution is 2.24. The van der Waals surface area contributed by atoms with Gasteiger partial charge in [0.25, 0.3) is 5.91 Å². The number of likely N-dealkylation sites (tertiary alicyclic amines) is 1. The number of amides is 1. The molecule has 1 N–H and O–H groups in total. The van der Waals surface area contributed by atoms with Crippen molar-refractivity contribution in [3.63, 3.8) is 0 Å². The van der Waals surface area contributed by atoms with E-state index in [2.05, 4.69) is 59.0 Å². The van der Waals surface area contributed by atoms with Gasteiger partial charge in [-0.2, -0.15) is 0 Å². The van der Waals surface area contributed by atoms with E-state index in [1.807, 2.05) is 23.1 Å². The number of carbonyl (C=O) groups excluding carboxylic acids is 1. The number of unbranched alkanes of at least 4 members (excludes halogenated alkanes) is 2. The minimum Gasteiger partial charge on any atom is -0.352 e. The fourth-order valence-electron chi connectivity index (χ4n) is 5.22. The van der Waals surface area contributed by atoms with Crippen LogP contribution in [0.15, 0.2) is 48.5 Å². The lowest BCUT2D eigenvalue weighted by Gasteiger charge is -2.26. The first-order valence-electron chi connectivity index (χ1n) is 14.5. The average Bonchev–Trinajstić information content (AvgIpc) is 3.29. The van der Waals surface area contributed by atoms with Crippen molar-refractivity contribution in [1.29, 1.82) is 0 Å². The summed E-state index contributed by atoms with van der Waals surface area (Å²) in [5, 5.41) is 3.58. The van der Waals surface area contributed by atoms with Crippen LogP contribution in [-0.2, 0) is 13.1 Å². The molecule has 0 unspecified atom stereocenters. The second-order valence-electron chi connectivity index (χ2n) is 10.4. The Balaban J connectivity index is 1.57. The molecule has 1 aliphatic rings. The van der Waals surface area contributed by atoms with Crippen LogP contribution in [0.4, 0.5) is 5.95 Å².